The molecule has 1 atom stereocenters. The van der Waals surface area contributed by atoms with Gasteiger partial charge in [0.1, 0.15) is 11.6 Å². The largest absolute Gasteiger partial charge is 0.335 e. The van der Waals surface area contributed by atoms with E-state index in [-0.39, 0.29) is 23.3 Å². The number of nitrogens with zero attached hydrogens (tertiary/aromatic N) is 3. The Morgan fingerprint density at radius 2 is 1.96 bits per heavy atom. The van der Waals surface area contributed by atoms with Crippen molar-refractivity contribution in [1.82, 2.24) is 14.5 Å². The first kappa shape index (κ1) is 17.4. The maximum atomic E-state index is 13.1. The first-order chi connectivity index (χ1) is 13.0. The summed E-state index contributed by atoms with van der Waals surface area (Å²) in [5.41, 5.74) is 1.84. The molecule has 1 aliphatic heterocycles. The molecule has 0 N–H and O–H groups in total. The van der Waals surface area contributed by atoms with Crippen LogP contribution in [-0.2, 0) is 13.0 Å². The second kappa shape index (κ2) is 6.61. The number of aromatic nitrogens is 2. The summed E-state index contributed by atoms with van der Waals surface area (Å²) in [5.74, 6) is 0.306. The summed E-state index contributed by atoms with van der Waals surface area (Å²) in [6.07, 6.45) is 1.70. The fraction of sp³-hybridized carbons (Fsp3) is 0.286. The van der Waals surface area contributed by atoms with Crippen molar-refractivity contribution in [3.05, 3.63) is 75.6 Å². The van der Waals surface area contributed by atoms with Gasteiger partial charge in [-0.2, -0.15) is 0 Å². The zero-order valence-corrected chi connectivity index (χ0v) is 15.3. The minimum Gasteiger partial charge on any atom is -0.335 e. The molecular formula is C21H20FN3O2. The van der Waals surface area contributed by atoms with Crippen LogP contribution in [0.4, 0.5) is 4.39 Å². The van der Waals surface area contributed by atoms with Gasteiger partial charge in [-0.1, -0.05) is 12.1 Å². The average Bonchev–Trinajstić information content (AvgIpc) is 3.15. The van der Waals surface area contributed by atoms with Gasteiger partial charge in [0.25, 0.3) is 11.5 Å². The SMILES string of the molecule is CC(c1ccc(F)cc1)N(C)C(=O)c1ccc2c(=O)n3c(nc2c1)CCC3. The number of aryl methyl sites for hydroxylation is 1. The molecule has 1 aliphatic rings. The topological polar surface area (TPSA) is 55.2 Å². The number of amides is 1. The van der Waals surface area contributed by atoms with Gasteiger partial charge >= 0.3 is 0 Å². The molecule has 5 nitrogen and oxygen atoms in total. The van der Waals surface area contributed by atoms with Crippen molar-refractivity contribution >= 4 is 16.8 Å². The van der Waals surface area contributed by atoms with Gasteiger partial charge in [0.15, 0.2) is 0 Å². The number of fused-ring (bicyclic) bond motifs is 2. The Morgan fingerprint density at radius 1 is 1.22 bits per heavy atom. The summed E-state index contributed by atoms with van der Waals surface area (Å²) in [5, 5.41) is 0.534. The number of hydrogen-bond acceptors (Lipinski definition) is 3. The smallest absolute Gasteiger partial charge is 0.261 e. The van der Waals surface area contributed by atoms with E-state index in [1.807, 2.05) is 6.92 Å². The van der Waals surface area contributed by atoms with E-state index in [4.69, 9.17) is 0 Å². The Kier molecular flexibility index (Phi) is 4.26. The summed E-state index contributed by atoms with van der Waals surface area (Å²) < 4.78 is 14.9. The molecule has 0 saturated carbocycles. The lowest BCUT2D eigenvalue weighted by Crippen LogP contribution is -2.30. The summed E-state index contributed by atoms with van der Waals surface area (Å²) in [6.45, 7) is 2.60. The third-order valence-electron chi connectivity index (χ3n) is 5.32. The number of hydrogen-bond donors (Lipinski definition) is 0. The minimum absolute atomic E-state index is 0.0421. The third kappa shape index (κ3) is 3.01. The van der Waals surface area contributed by atoms with Crippen LogP contribution in [0.15, 0.2) is 47.3 Å². The quantitative estimate of drug-likeness (QED) is 0.716. The van der Waals surface area contributed by atoms with Crippen LogP contribution in [0.3, 0.4) is 0 Å². The van der Waals surface area contributed by atoms with Crippen LogP contribution < -0.4 is 5.56 Å². The van der Waals surface area contributed by atoms with E-state index in [0.717, 1.165) is 24.2 Å². The lowest BCUT2D eigenvalue weighted by Gasteiger charge is -2.25. The van der Waals surface area contributed by atoms with Crippen LogP contribution in [-0.4, -0.2) is 27.4 Å². The first-order valence-corrected chi connectivity index (χ1v) is 9.02. The van der Waals surface area contributed by atoms with E-state index in [2.05, 4.69) is 4.98 Å². The van der Waals surface area contributed by atoms with E-state index in [0.29, 0.717) is 23.0 Å². The zero-order valence-electron chi connectivity index (χ0n) is 15.3. The molecule has 2 aromatic carbocycles. The number of halogens is 1. The molecular weight excluding hydrogens is 345 g/mol. The highest BCUT2D eigenvalue weighted by Gasteiger charge is 2.21. The number of carbonyl (C=O) groups excluding carboxylic acids is 1. The molecule has 1 unspecified atom stereocenters. The molecule has 3 aromatic rings. The van der Waals surface area contributed by atoms with Gasteiger partial charge < -0.3 is 4.90 Å². The predicted octanol–water partition coefficient (Wildman–Crippen LogP) is 3.32. The molecule has 1 aromatic heterocycles. The molecule has 0 saturated heterocycles. The normalized spacial score (nSPS) is 14.2. The fourth-order valence-corrected chi connectivity index (χ4v) is 3.56. The van der Waals surface area contributed by atoms with Gasteiger partial charge in [0.2, 0.25) is 0 Å². The first-order valence-electron chi connectivity index (χ1n) is 9.02. The molecule has 27 heavy (non-hydrogen) atoms. The van der Waals surface area contributed by atoms with Crippen molar-refractivity contribution in [3.63, 3.8) is 0 Å². The maximum absolute atomic E-state index is 13.1. The number of benzene rings is 2. The summed E-state index contributed by atoms with van der Waals surface area (Å²) in [4.78, 5) is 31.7. The highest BCUT2D eigenvalue weighted by atomic mass is 19.1. The van der Waals surface area contributed by atoms with Crippen molar-refractivity contribution in [3.8, 4) is 0 Å². The summed E-state index contributed by atoms with van der Waals surface area (Å²) >= 11 is 0. The predicted molar refractivity (Wildman–Crippen MR) is 101 cm³/mol. The van der Waals surface area contributed by atoms with Crippen molar-refractivity contribution in [2.24, 2.45) is 0 Å². The monoisotopic (exact) mass is 365 g/mol. The van der Waals surface area contributed by atoms with E-state index in [9.17, 15) is 14.0 Å². The third-order valence-corrected chi connectivity index (χ3v) is 5.32. The van der Waals surface area contributed by atoms with E-state index in [1.165, 1.54) is 12.1 Å². The molecule has 138 valence electrons. The minimum atomic E-state index is -0.306. The molecule has 0 radical (unpaired) electrons. The summed E-state index contributed by atoms with van der Waals surface area (Å²) in [7, 11) is 1.71. The van der Waals surface area contributed by atoms with E-state index < -0.39 is 0 Å². The van der Waals surface area contributed by atoms with Crippen LogP contribution in [0.25, 0.3) is 10.9 Å². The van der Waals surface area contributed by atoms with Gasteiger partial charge in [0, 0.05) is 25.6 Å². The standard InChI is InChI=1S/C21H20FN3O2/c1-13(14-5-8-16(22)9-6-14)24(2)20(26)15-7-10-17-18(12-15)23-19-4-3-11-25(19)21(17)27/h5-10,12-13H,3-4,11H2,1-2H3. The Hall–Kier alpha value is -3.02. The Balaban J connectivity index is 1.67. The van der Waals surface area contributed by atoms with Crippen molar-refractivity contribution < 1.29 is 9.18 Å². The Bertz CT molecular complexity index is 1090. The molecule has 6 heteroatoms. The molecule has 1 amide bonds. The Morgan fingerprint density at radius 3 is 2.70 bits per heavy atom. The molecule has 0 bridgehead atoms. The van der Waals surface area contributed by atoms with Crippen LogP contribution in [0.1, 0.15) is 41.1 Å². The Labute approximate surface area is 156 Å². The molecule has 0 spiro atoms. The highest BCUT2D eigenvalue weighted by molar-refractivity contribution is 5.97. The van der Waals surface area contributed by atoms with Gasteiger partial charge in [-0.05, 0) is 49.2 Å². The van der Waals surface area contributed by atoms with Crippen LogP contribution >= 0.6 is 0 Å². The van der Waals surface area contributed by atoms with Gasteiger partial charge in [-0.25, -0.2) is 9.37 Å². The number of rotatable bonds is 3. The lowest BCUT2D eigenvalue weighted by molar-refractivity contribution is 0.0743. The van der Waals surface area contributed by atoms with Crippen LogP contribution in [0.5, 0.6) is 0 Å². The second-order valence-corrected chi connectivity index (χ2v) is 6.96. The van der Waals surface area contributed by atoms with E-state index >= 15 is 0 Å². The molecule has 0 aliphatic carbocycles. The lowest BCUT2D eigenvalue weighted by atomic mass is 10.1. The van der Waals surface area contributed by atoms with Crippen LogP contribution in [0, 0.1) is 5.82 Å². The molecule has 4 rings (SSSR count). The second-order valence-electron chi connectivity index (χ2n) is 6.96. The van der Waals surface area contributed by atoms with Gasteiger partial charge in [0.05, 0.1) is 16.9 Å². The maximum Gasteiger partial charge on any atom is 0.261 e. The van der Waals surface area contributed by atoms with E-state index in [1.54, 1.807) is 46.8 Å². The van der Waals surface area contributed by atoms with Crippen LogP contribution in [0.2, 0.25) is 0 Å². The summed E-state index contributed by atoms with van der Waals surface area (Å²) in [6, 6.07) is 10.9. The molecule has 2 heterocycles. The highest BCUT2D eigenvalue weighted by Crippen LogP contribution is 2.22. The van der Waals surface area contributed by atoms with Crippen molar-refractivity contribution in [1.29, 1.82) is 0 Å². The zero-order chi connectivity index (χ0) is 19.1. The van der Waals surface area contributed by atoms with Gasteiger partial charge in [-0.3, -0.25) is 14.2 Å². The molecule has 0 fully saturated rings. The van der Waals surface area contributed by atoms with Gasteiger partial charge in [-0.15, -0.1) is 0 Å². The van der Waals surface area contributed by atoms with Crippen molar-refractivity contribution in [2.45, 2.75) is 32.4 Å². The number of carbonyl (C=O) groups is 1. The average molecular weight is 365 g/mol. The van der Waals surface area contributed by atoms with Crippen molar-refractivity contribution in [2.75, 3.05) is 7.05 Å². The fourth-order valence-electron chi connectivity index (χ4n) is 3.56.